The lowest BCUT2D eigenvalue weighted by molar-refractivity contribution is -0.0742. The predicted octanol–water partition coefficient (Wildman–Crippen LogP) is 2.93. The molecule has 90 valence electrons. The van der Waals surface area contributed by atoms with Gasteiger partial charge in [-0.1, -0.05) is 18.9 Å². The van der Waals surface area contributed by atoms with E-state index in [0.29, 0.717) is 6.10 Å². The minimum Gasteiger partial charge on any atom is -0.375 e. The normalized spacial score (nSPS) is 33.9. The Bertz CT molecular complexity index is 316. The Morgan fingerprint density at radius 2 is 2.38 bits per heavy atom. The van der Waals surface area contributed by atoms with Crippen LogP contribution in [0.1, 0.15) is 30.6 Å². The number of fused-ring (bicyclic) bond motifs is 1. The summed E-state index contributed by atoms with van der Waals surface area (Å²) in [6.45, 7) is 1.87. The molecule has 2 heterocycles. The topological polar surface area (TPSA) is 21.3 Å². The van der Waals surface area contributed by atoms with Crippen molar-refractivity contribution in [1.82, 2.24) is 5.32 Å². The number of hydrogen-bond acceptors (Lipinski definition) is 3. The second-order valence-electron chi connectivity index (χ2n) is 4.48. The van der Waals surface area contributed by atoms with E-state index in [0.717, 1.165) is 13.2 Å². The van der Waals surface area contributed by atoms with Crippen LogP contribution in [0.4, 0.5) is 0 Å². The zero-order valence-corrected chi connectivity index (χ0v) is 10.9. The van der Waals surface area contributed by atoms with E-state index in [-0.39, 0.29) is 17.9 Å². The van der Waals surface area contributed by atoms with Gasteiger partial charge in [0.05, 0.1) is 18.2 Å². The molecule has 2 nitrogen and oxygen atoms in total. The molecule has 2 aliphatic rings. The molecule has 1 saturated carbocycles. The Kier molecular flexibility index (Phi) is 3.90. The monoisotopic (exact) mass is 259 g/mol. The van der Waals surface area contributed by atoms with Crippen molar-refractivity contribution in [2.45, 2.75) is 37.3 Å². The Labute approximate surface area is 107 Å². The third-order valence-electron chi connectivity index (χ3n) is 3.66. The predicted molar refractivity (Wildman–Crippen MR) is 69.5 cm³/mol. The highest BCUT2D eigenvalue weighted by Crippen LogP contribution is 2.42. The van der Waals surface area contributed by atoms with Gasteiger partial charge in [0.25, 0.3) is 0 Å². The van der Waals surface area contributed by atoms with Crippen LogP contribution in [-0.2, 0) is 10.3 Å². The van der Waals surface area contributed by atoms with Crippen molar-refractivity contribution in [2.24, 2.45) is 0 Å². The van der Waals surface area contributed by atoms with Crippen LogP contribution in [0.5, 0.6) is 0 Å². The highest BCUT2D eigenvalue weighted by Gasteiger charge is 2.45. The van der Waals surface area contributed by atoms with E-state index in [1.807, 2.05) is 11.3 Å². The van der Waals surface area contributed by atoms with Crippen molar-refractivity contribution < 1.29 is 4.74 Å². The fraction of sp³-hybridized carbons (Fsp3) is 0.667. The van der Waals surface area contributed by atoms with Crippen LogP contribution < -0.4 is 5.32 Å². The number of morpholine rings is 1. The van der Waals surface area contributed by atoms with Gasteiger partial charge < -0.3 is 10.1 Å². The summed E-state index contributed by atoms with van der Waals surface area (Å²) in [4.78, 5) is 1.46. The maximum Gasteiger partial charge on any atom is 0.0807 e. The molecule has 1 N–H and O–H groups in total. The Morgan fingerprint density at radius 1 is 1.44 bits per heavy atom. The maximum absolute atomic E-state index is 5.95. The molecule has 1 aliphatic heterocycles. The van der Waals surface area contributed by atoms with Crippen LogP contribution >= 0.6 is 23.7 Å². The molecule has 0 amide bonds. The summed E-state index contributed by atoms with van der Waals surface area (Å²) in [6, 6.07) is 4.40. The molecule has 2 fully saturated rings. The van der Waals surface area contributed by atoms with Gasteiger partial charge in [0.1, 0.15) is 0 Å². The van der Waals surface area contributed by atoms with E-state index in [4.69, 9.17) is 4.74 Å². The average molecular weight is 260 g/mol. The van der Waals surface area contributed by atoms with Gasteiger partial charge in [-0.25, -0.2) is 0 Å². The smallest absolute Gasteiger partial charge is 0.0807 e. The van der Waals surface area contributed by atoms with Gasteiger partial charge >= 0.3 is 0 Å². The highest BCUT2D eigenvalue weighted by molar-refractivity contribution is 7.10. The first-order valence-corrected chi connectivity index (χ1v) is 6.70. The maximum atomic E-state index is 5.95. The molecule has 0 unspecified atom stereocenters. The second-order valence-corrected chi connectivity index (χ2v) is 5.43. The molecular weight excluding hydrogens is 242 g/mol. The quantitative estimate of drug-likeness (QED) is 0.837. The lowest BCUT2D eigenvalue weighted by atomic mass is 9.77. The minimum absolute atomic E-state index is 0. The van der Waals surface area contributed by atoms with E-state index >= 15 is 0 Å². The van der Waals surface area contributed by atoms with Crippen LogP contribution in [0, 0.1) is 0 Å². The zero-order valence-electron chi connectivity index (χ0n) is 9.28. The van der Waals surface area contributed by atoms with Crippen LogP contribution in [0.15, 0.2) is 17.5 Å². The first kappa shape index (κ1) is 12.4. The van der Waals surface area contributed by atoms with Gasteiger partial charge in [-0.05, 0) is 24.3 Å². The SMILES string of the molecule is Cl.c1csc([C@]23CCCC[C@H]2OCCN3)c1. The number of rotatable bonds is 1. The van der Waals surface area contributed by atoms with Gasteiger partial charge in [-0.15, -0.1) is 23.7 Å². The minimum atomic E-state index is 0. The third-order valence-corrected chi connectivity index (χ3v) is 4.71. The van der Waals surface area contributed by atoms with Crippen LogP contribution in [0.3, 0.4) is 0 Å². The van der Waals surface area contributed by atoms with Gasteiger partial charge in [0, 0.05) is 11.4 Å². The molecule has 0 radical (unpaired) electrons. The standard InChI is InChI=1S/C12H17NOS.ClH/c1-2-6-12(11-5-3-9-15-11)10(4-1)14-8-7-13-12;/h3,5,9-10,13H,1-2,4,6-8H2;1H/t10-,12+;/m1./s1. The van der Waals surface area contributed by atoms with Gasteiger partial charge in [-0.2, -0.15) is 0 Å². The number of ether oxygens (including phenoxy) is 1. The lowest BCUT2D eigenvalue weighted by Crippen LogP contribution is -2.58. The van der Waals surface area contributed by atoms with Crippen LogP contribution in [-0.4, -0.2) is 19.3 Å². The molecule has 1 aromatic heterocycles. The van der Waals surface area contributed by atoms with E-state index in [2.05, 4.69) is 22.8 Å². The van der Waals surface area contributed by atoms with E-state index in [1.54, 1.807) is 0 Å². The fourth-order valence-electron chi connectivity index (χ4n) is 2.95. The third kappa shape index (κ3) is 1.90. The van der Waals surface area contributed by atoms with Crippen molar-refractivity contribution >= 4 is 23.7 Å². The second kappa shape index (κ2) is 5.05. The Hall–Kier alpha value is -0.0900. The number of hydrogen-bond donors (Lipinski definition) is 1. The molecule has 1 aromatic rings. The van der Waals surface area contributed by atoms with E-state index < -0.39 is 0 Å². The summed E-state index contributed by atoms with van der Waals surface area (Å²) >= 11 is 1.86. The number of thiophene rings is 1. The molecule has 0 bridgehead atoms. The molecule has 3 rings (SSSR count). The van der Waals surface area contributed by atoms with Crippen molar-refractivity contribution in [1.29, 1.82) is 0 Å². The van der Waals surface area contributed by atoms with Crippen molar-refractivity contribution in [3.63, 3.8) is 0 Å². The lowest BCUT2D eigenvalue weighted by Gasteiger charge is -2.47. The molecule has 0 aromatic carbocycles. The summed E-state index contributed by atoms with van der Waals surface area (Å²) in [7, 11) is 0. The summed E-state index contributed by atoms with van der Waals surface area (Å²) in [5.74, 6) is 0. The van der Waals surface area contributed by atoms with Crippen LogP contribution in [0.2, 0.25) is 0 Å². The number of halogens is 1. The summed E-state index contributed by atoms with van der Waals surface area (Å²) < 4.78 is 5.95. The van der Waals surface area contributed by atoms with Crippen molar-refractivity contribution in [3.8, 4) is 0 Å². The van der Waals surface area contributed by atoms with Gasteiger partial charge in [0.15, 0.2) is 0 Å². The fourth-order valence-corrected chi connectivity index (χ4v) is 3.92. The van der Waals surface area contributed by atoms with Gasteiger partial charge in [-0.3, -0.25) is 0 Å². The molecule has 16 heavy (non-hydrogen) atoms. The first-order valence-electron chi connectivity index (χ1n) is 5.82. The molecule has 1 saturated heterocycles. The van der Waals surface area contributed by atoms with Gasteiger partial charge in [0.2, 0.25) is 0 Å². The van der Waals surface area contributed by atoms with E-state index in [9.17, 15) is 0 Å². The average Bonchev–Trinajstić information content (AvgIpc) is 2.83. The largest absolute Gasteiger partial charge is 0.375 e. The van der Waals surface area contributed by atoms with Crippen molar-refractivity contribution in [3.05, 3.63) is 22.4 Å². The van der Waals surface area contributed by atoms with Crippen LogP contribution in [0.25, 0.3) is 0 Å². The molecule has 2 atom stereocenters. The Morgan fingerprint density at radius 3 is 3.19 bits per heavy atom. The summed E-state index contributed by atoms with van der Waals surface area (Å²) in [6.07, 6.45) is 5.49. The summed E-state index contributed by atoms with van der Waals surface area (Å²) in [5, 5.41) is 5.90. The first-order chi connectivity index (χ1) is 7.42. The molecule has 4 heteroatoms. The molecule has 0 spiro atoms. The highest BCUT2D eigenvalue weighted by atomic mass is 35.5. The van der Waals surface area contributed by atoms with Crippen molar-refractivity contribution in [2.75, 3.05) is 13.2 Å². The van der Waals surface area contributed by atoms with E-state index in [1.165, 1.54) is 30.6 Å². The summed E-state index contributed by atoms with van der Waals surface area (Å²) in [5.41, 5.74) is 0.144. The number of nitrogens with one attached hydrogen (secondary N) is 1. The molecular formula is C12H18ClNOS. The zero-order chi connectivity index (χ0) is 10.1. The molecule has 1 aliphatic carbocycles. The Balaban J connectivity index is 0.000000963.